The van der Waals surface area contributed by atoms with Gasteiger partial charge in [0.05, 0.1) is 10.5 Å². The van der Waals surface area contributed by atoms with Gasteiger partial charge in [0.15, 0.2) is 0 Å². The highest BCUT2D eigenvalue weighted by atomic mass is 16.6. The molecular weight excluding hydrogens is 326 g/mol. The summed E-state index contributed by atoms with van der Waals surface area (Å²) in [6, 6.07) is 4.19. The quantitative estimate of drug-likeness (QED) is 0.580. The number of fused-ring (bicyclic) bond motifs is 1. The number of aromatic amines is 1. The fourth-order valence-corrected chi connectivity index (χ4v) is 3.34. The minimum absolute atomic E-state index is 0.124. The first kappa shape index (κ1) is 16.9. The Balaban J connectivity index is 1.92. The summed E-state index contributed by atoms with van der Waals surface area (Å²) < 4.78 is 0. The molecule has 0 unspecified atom stereocenters. The minimum atomic E-state index is -1.28. The van der Waals surface area contributed by atoms with E-state index in [1.165, 1.54) is 24.4 Å². The Bertz CT molecular complexity index is 849. The Morgan fingerprint density at radius 3 is 2.64 bits per heavy atom. The second-order valence-corrected chi connectivity index (χ2v) is 6.71. The van der Waals surface area contributed by atoms with Crippen molar-refractivity contribution in [3.05, 3.63) is 40.1 Å². The number of hydrogen-bond donors (Lipinski definition) is 3. The fourth-order valence-electron chi connectivity index (χ4n) is 3.34. The number of nitro benzene ring substituents is 1. The molecule has 1 aliphatic rings. The van der Waals surface area contributed by atoms with Crippen LogP contribution >= 0.6 is 0 Å². The predicted molar refractivity (Wildman–Crippen MR) is 90.4 cm³/mol. The summed E-state index contributed by atoms with van der Waals surface area (Å²) in [5.74, 6) is -1.15. The van der Waals surface area contributed by atoms with Crippen LogP contribution in [0.25, 0.3) is 10.9 Å². The molecule has 0 aliphatic heterocycles. The van der Waals surface area contributed by atoms with Crippen LogP contribution in [0.1, 0.15) is 43.0 Å². The molecule has 1 heterocycles. The summed E-state index contributed by atoms with van der Waals surface area (Å²) in [4.78, 5) is 37.8. The molecule has 0 spiro atoms. The smallest absolute Gasteiger partial charge is 0.329 e. The molecular formula is C17H19N3O5. The molecule has 2 aromatic rings. The normalized spacial score (nSPS) is 23.3. The van der Waals surface area contributed by atoms with Gasteiger partial charge in [0, 0.05) is 29.2 Å². The van der Waals surface area contributed by atoms with E-state index in [0.717, 1.165) is 12.8 Å². The van der Waals surface area contributed by atoms with Crippen LogP contribution in [-0.2, 0) is 4.79 Å². The molecule has 1 fully saturated rings. The summed E-state index contributed by atoms with van der Waals surface area (Å²) in [7, 11) is 0. The van der Waals surface area contributed by atoms with Crippen LogP contribution in [0.15, 0.2) is 24.4 Å². The van der Waals surface area contributed by atoms with Gasteiger partial charge < -0.3 is 15.4 Å². The van der Waals surface area contributed by atoms with Crippen molar-refractivity contribution in [1.82, 2.24) is 10.3 Å². The van der Waals surface area contributed by atoms with E-state index in [1.54, 1.807) is 0 Å². The van der Waals surface area contributed by atoms with Crippen molar-refractivity contribution in [2.45, 2.75) is 38.1 Å². The van der Waals surface area contributed by atoms with Crippen molar-refractivity contribution in [3.8, 4) is 0 Å². The number of benzene rings is 1. The van der Waals surface area contributed by atoms with Gasteiger partial charge in [-0.05, 0) is 37.7 Å². The number of carbonyl (C=O) groups is 2. The first-order valence-corrected chi connectivity index (χ1v) is 8.14. The van der Waals surface area contributed by atoms with Crippen molar-refractivity contribution < 1.29 is 19.6 Å². The highest BCUT2D eigenvalue weighted by molar-refractivity contribution is 6.08. The standard InChI is InChI=1S/C17H19N3O5/c1-10-4-6-17(7-5-10,16(22)23)19-15(21)13-9-18-14-3-2-11(20(24)25)8-12(13)14/h2-3,8-10,18H,4-7H2,1H3,(H,19,21)(H,22,23). The SMILES string of the molecule is CC1CCC(NC(=O)c2c[nH]c3ccc([N+](=O)[O-])cc23)(C(=O)O)CC1. The monoisotopic (exact) mass is 345 g/mol. The number of carboxylic acid groups (broad SMARTS) is 1. The Hall–Kier alpha value is -2.90. The highest BCUT2D eigenvalue weighted by Gasteiger charge is 2.42. The summed E-state index contributed by atoms with van der Waals surface area (Å²) in [6.07, 6.45) is 3.65. The summed E-state index contributed by atoms with van der Waals surface area (Å²) in [5, 5.41) is 23.7. The molecule has 0 bridgehead atoms. The second kappa shape index (κ2) is 6.19. The number of H-pyrrole nitrogens is 1. The summed E-state index contributed by atoms with van der Waals surface area (Å²) in [6.45, 7) is 2.06. The molecule has 0 atom stereocenters. The lowest BCUT2D eigenvalue weighted by atomic mass is 9.77. The number of aromatic nitrogens is 1. The average molecular weight is 345 g/mol. The van der Waals surface area contributed by atoms with Crippen LogP contribution in [0.3, 0.4) is 0 Å². The van der Waals surface area contributed by atoms with Gasteiger partial charge in [-0.3, -0.25) is 14.9 Å². The van der Waals surface area contributed by atoms with E-state index in [1.807, 2.05) is 0 Å². The molecule has 3 N–H and O–H groups in total. The molecule has 0 saturated heterocycles. The maximum absolute atomic E-state index is 12.7. The second-order valence-electron chi connectivity index (χ2n) is 6.71. The lowest BCUT2D eigenvalue weighted by Gasteiger charge is -2.36. The zero-order valence-corrected chi connectivity index (χ0v) is 13.7. The number of nitro groups is 1. The number of non-ortho nitro benzene ring substituents is 1. The van der Waals surface area contributed by atoms with E-state index >= 15 is 0 Å². The Morgan fingerprint density at radius 1 is 1.36 bits per heavy atom. The van der Waals surface area contributed by atoms with E-state index in [9.17, 15) is 24.8 Å². The van der Waals surface area contributed by atoms with Crippen LogP contribution in [0, 0.1) is 16.0 Å². The molecule has 1 aromatic heterocycles. The van der Waals surface area contributed by atoms with Crippen molar-refractivity contribution in [2.75, 3.05) is 0 Å². The largest absolute Gasteiger partial charge is 0.480 e. The lowest BCUT2D eigenvalue weighted by Crippen LogP contribution is -2.56. The Labute approximate surface area is 143 Å². The molecule has 132 valence electrons. The number of hydrogen-bond acceptors (Lipinski definition) is 4. The molecule has 25 heavy (non-hydrogen) atoms. The third kappa shape index (κ3) is 3.07. The van der Waals surface area contributed by atoms with Crippen LogP contribution < -0.4 is 5.32 Å². The fraction of sp³-hybridized carbons (Fsp3) is 0.412. The molecule has 1 aromatic carbocycles. The zero-order chi connectivity index (χ0) is 18.2. The van der Waals surface area contributed by atoms with E-state index in [0.29, 0.717) is 29.7 Å². The average Bonchev–Trinajstić information content (AvgIpc) is 3.00. The first-order chi connectivity index (χ1) is 11.8. The number of nitrogens with zero attached hydrogens (tertiary/aromatic N) is 1. The number of carboxylic acids is 1. The summed E-state index contributed by atoms with van der Waals surface area (Å²) in [5.41, 5.74) is -0.621. The van der Waals surface area contributed by atoms with Crippen molar-refractivity contribution in [2.24, 2.45) is 5.92 Å². The van der Waals surface area contributed by atoms with Crippen LogP contribution in [0.2, 0.25) is 0 Å². The number of carbonyl (C=O) groups excluding carboxylic acids is 1. The van der Waals surface area contributed by atoms with Gasteiger partial charge in [-0.15, -0.1) is 0 Å². The molecule has 8 nitrogen and oxygen atoms in total. The van der Waals surface area contributed by atoms with Gasteiger partial charge in [-0.25, -0.2) is 4.79 Å². The van der Waals surface area contributed by atoms with Gasteiger partial charge in [-0.1, -0.05) is 6.92 Å². The van der Waals surface area contributed by atoms with Gasteiger partial charge >= 0.3 is 5.97 Å². The predicted octanol–water partition coefficient (Wildman–Crippen LogP) is 2.84. The molecule has 1 amide bonds. The van der Waals surface area contributed by atoms with E-state index < -0.39 is 22.3 Å². The van der Waals surface area contributed by atoms with Crippen molar-refractivity contribution in [3.63, 3.8) is 0 Å². The van der Waals surface area contributed by atoms with Crippen LogP contribution in [0.4, 0.5) is 5.69 Å². The zero-order valence-electron chi connectivity index (χ0n) is 13.7. The number of nitrogens with one attached hydrogen (secondary N) is 2. The molecule has 1 aliphatic carbocycles. The van der Waals surface area contributed by atoms with Gasteiger partial charge in [0.1, 0.15) is 5.54 Å². The van der Waals surface area contributed by atoms with Gasteiger partial charge in [-0.2, -0.15) is 0 Å². The maximum Gasteiger partial charge on any atom is 0.329 e. The van der Waals surface area contributed by atoms with Gasteiger partial charge in [0.25, 0.3) is 11.6 Å². The van der Waals surface area contributed by atoms with E-state index in [2.05, 4.69) is 17.2 Å². The summed E-state index contributed by atoms with van der Waals surface area (Å²) >= 11 is 0. The third-order valence-electron chi connectivity index (χ3n) is 5.01. The van der Waals surface area contributed by atoms with E-state index in [-0.39, 0.29) is 11.3 Å². The molecule has 8 heteroatoms. The topological polar surface area (TPSA) is 125 Å². The van der Waals surface area contributed by atoms with Crippen molar-refractivity contribution in [1.29, 1.82) is 0 Å². The minimum Gasteiger partial charge on any atom is -0.480 e. The third-order valence-corrected chi connectivity index (χ3v) is 5.01. The van der Waals surface area contributed by atoms with Crippen LogP contribution in [-0.4, -0.2) is 32.4 Å². The Kier molecular flexibility index (Phi) is 4.20. The first-order valence-electron chi connectivity index (χ1n) is 8.14. The molecule has 0 radical (unpaired) electrons. The van der Waals surface area contributed by atoms with Gasteiger partial charge in [0.2, 0.25) is 0 Å². The highest BCUT2D eigenvalue weighted by Crippen LogP contribution is 2.33. The Morgan fingerprint density at radius 2 is 2.04 bits per heavy atom. The number of rotatable bonds is 4. The van der Waals surface area contributed by atoms with E-state index in [4.69, 9.17) is 0 Å². The lowest BCUT2D eigenvalue weighted by molar-refractivity contribution is -0.384. The number of aliphatic carboxylic acids is 1. The molecule has 1 saturated carbocycles. The maximum atomic E-state index is 12.7. The van der Waals surface area contributed by atoms with Crippen molar-refractivity contribution >= 4 is 28.5 Å². The van der Waals surface area contributed by atoms with Crippen LogP contribution in [0.5, 0.6) is 0 Å². The molecule has 3 rings (SSSR count). The number of amides is 1.